The van der Waals surface area contributed by atoms with Crippen molar-refractivity contribution in [1.29, 1.82) is 0 Å². The average molecular weight is 1380 g/mol. The summed E-state index contributed by atoms with van der Waals surface area (Å²) in [6.45, 7) is 16.4. The Kier molecular flexibility index (Phi) is 49.8. The molecule has 0 saturated carbocycles. The third-order valence-corrected chi connectivity index (χ3v) is 17.1. The normalized spacial score (nSPS) is 12.3. The number of benzene rings is 2. The molecule has 0 spiro atoms. The summed E-state index contributed by atoms with van der Waals surface area (Å²) in [5.74, 6) is -6.79. The van der Waals surface area contributed by atoms with Gasteiger partial charge in [0, 0.05) is 22.3 Å². The molecule has 0 amide bonds. The molecule has 0 fully saturated rings. The molecular formula is C78H122O20. The first-order valence-electron chi connectivity index (χ1n) is 37.8. The Morgan fingerprint density at radius 1 is 0.255 bits per heavy atom. The van der Waals surface area contributed by atoms with Gasteiger partial charge in [-0.25, -0.2) is 38.5 Å². The number of unbranched alkanes of at least 4 members (excludes halogenated alkanes) is 28. The fraction of sp³-hybridized carbons (Fsp3) is 0.718. The Bertz CT molecular complexity index is 2440. The van der Waals surface area contributed by atoms with E-state index >= 15 is 19.2 Å². The summed E-state index contributed by atoms with van der Waals surface area (Å²) < 4.78 is 44.9. The maximum Gasteiger partial charge on any atom is 0.508 e. The van der Waals surface area contributed by atoms with Gasteiger partial charge in [-0.05, 0) is 89.2 Å². The smallest absolute Gasteiger partial charge is 0.434 e. The summed E-state index contributed by atoms with van der Waals surface area (Å²) in [6.07, 6.45) is 17.0. The van der Waals surface area contributed by atoms with Crippen LogP contribution in [0.2, 0.25) is 0 Å². The fourth-order valence-corrected chi connectivity index (χ4v) is 11.3. The van der Waals surface area contributed by atoms with Crippen molar-refractivity contribution in [3.63, 3.8) is 0 Å². The zero-order valence-electron chi connectivity index (χ0n) is 61.1. The zero-order valence-corrected chi connectivity index (χ0v) is 61.1. The minimum absolute atomic E-state index is 0.00730. The summed E-state index contributed by atoms with van der Waals surface area (Å²) in [7, 11) is 0. The molecule has 0 radical (unpaired) electrons. The Labute approximate surface area is 585 Å². The number of hydrogen-bond donors (Lipinski definition) is 0. The van der Waals surface area contributed by atoms with Gasteiger partial charge in [-0.1, -0.05) is 259 Å². The van der Waals surface area contributed by atoms with E-state index in [2.05, 4.69) is 27.7 Å². The van der Waals surface area contributed by atoms with Gasteiger partial charge in [0.25, 0.3) is 0 Å². The molecule has 4 atom stereocenters. The van der Waals surface area contributed by atoms with Crippen molar-refractivity contribution in [2.24, 2.45) is 0 Å². The monoisotopic (exact) mass is 1380 g/mol. The van der Waals surface area contributed by atoms with Crippen LogP contribution in [0.4, 0.5) is 19.2 Å². The SMILES string of the molecule is CCCCCCCOC(=O)OC(CCCCCC)C(=O)c1cccc(C(=O)OOC(=O)c2cccc(C(=O)C(CCCCCC)OC(=O)OCCCCCCC)c2C(=O)C(CCCCCC)OC(=O)OCCCCCCC)c1C(=O)C(CCCCCC)OC(=O)OCCCCCCC. The van der Waals surface area contributed by atoms with E-state index in [9.17, 15) is 28.8 Å². The summed E-state index contributed by atoms with van der Waals surface area (Å²) >= 11 is 0. The molecule has 2 rings (SSSR count). The number of ketones is 4. The molecular weight excluding hydrogens is 1260 g/mol. The highest BCUT2D eigenvalue weighted by molar-refractivity contribution is 6.18. The van der Waals surface area contributed by atoms with Crippen LogP contribution in [0.5, 0.6) is 0 Å². The van der Waals surface area contributed by atoms with E-state index in [1.165, 1.54) is 24.3 Å². The van der Waals surface area contributed by atoms with Crippen molar-refractivity contribution in [3.05, 3.63) is 69.8 Å². The van der Waals surface area contributed by atoms with Gasteiger partial charge in [0.2, 0.25) is 23.1 Å². The molecule has 0 N–H and O–H groups in total. The van der Waals surface area contributed by atoms with Crippen LogP contribution in [0.15, 0.2) is 36.4 Å². The van der Waals surface area contributed by atoms with Crippen molar-refractivity contribution in [1.82, 2.24) is 0 Å². The molecule has 20 heteroatoms. The molecule has 0 saturated heterocycles. The highest BCUT2D eigenvalue weighted by atomic mass is 17.2. The fourth-order valence-electron chi connectivity index (χ4n) is 11.3. The minimum Gasteiger partial charge on any atom is -0.434 e. The molecule has 0 aliphatic rings. The predicted octanol–water partition coefficient (Wildman–Crippen LogP) is 21.2. The largest absolute Gasteiger partial charge is 0.508 e. The summed E-state index contributed by atoms with van der Waals surface area (Å²) in [6, 6.07) is 7.38. The number of ether oxygens (including phenoxy) is 8. The van der Waals surface area contributed by atoms with Crippen molar-refractivity contribution in [2.75, 3.05) is 26.4 Å². The molecule has 0 aromatic heterocycles. The lowest BCUT2D eigenvalue weighted by Crippen LogP contribution is -2.34. The second-order valence-electron chi connectivity index (χ2n) is 25.5. The lowest BCUT2D eigenvalue weighted by molar-refractivity contribution is -0.187. The Morgan fingerprint density at radius 2 is 0.459 bits per heavy atom. The van der Waals surface area contributed by atoms with E-state index < -0.39 is 117 Å². The van der Waals surface area contributed by atoms with E-state index in [0.29, 0.717) is 77.0 Å². The lowest BCUT2D eigenvalue weighted by Gasteiger charge is -2.22. The van der Waals surface area contributed by atoms with E-state index in [1.54, 1.807) is 0 Å². The summed E-state index contributed by atoms with van der Waals surface area (Å²) in [4.78, 5) is 155. The van der Waals surface area contributed by atoms with Crippen LogP contribution in [-0.2, 0) is 47.7 Å². The minimum atomic E-state index is -1.63. The van der Waals surface area contributed by atoms with E-state index in [4.69, 9.17) is 47.7 Å². The predicted molar refractivity (Wildman–Crippen MR) is 376 cm³/mol. The first kappa shape index (κ1) is 87.2. The molecule has 4 unspecified atom stereocenters. The van der Waals surface area contributed by atoms with Crippen molar-refractivity contribution in [2.45, 2.75) is 337 Å². The zero-order chi connectivity index (χ0) is 72.0. The van der Waals surface area contributed by atoms with Gasteiger partial charge in [0.15, 0.2) is 24.4 Å². The standard InChI is InChI=1S/C78H122O20/c1-9-17-25-33-41-55-89-75(85)93-63(51-37-29-21-13-5)69(79)59-47-45-49-61(67(59)71(81)65(53-39-31-23-15-7)95-77(87)91-57-43-35-27-19-11-3)73(83)97-98-74(84)62-50-46-48-60(70(80)64(52-38-30-22-14-6)94-76(86)90-56-42-34-26-18-10-2)68(62)72(82)66(54-40-32-24-16-8)96-78(88)92-58-44-36-28-20-12-4/h45-50,63-66H,9-44,51-58H2,1-8H3. The molecule has 98 heavy (non-hydrogen) atoms. The van der Waals surface area contributed by atoms with Crippen LogP contribution in [0.25, 0.3) is 0 Å². The first-order valence-corrected chi connectivity index (χ1v) is 37.8. The van der Waals surface area contributed by atoms with Crippen molar-refractivity contribution >= 4 is 59.7 Å². The first-order chi connectivity index (χ1) is 47.6. The highest BCUT2D eigenvalue weighted by Gasteiger charge is 2.39. The van der Waals surface area contributed by atoms with Crippen LogP contribution in [-0.4, -0.2) is 111 Å². The van der Waals surface area contributed by atoms with Gasteiger partial charge in [0.1, 0.15) is 0 Å². The van der Waals surface area contributed by atoms with Crippen molar-refractivity contribution < 1.29 is 95.6 Å². The van der Waals surface area contributed by atoms with Gasteiger partial charge < -0.3 is 37.9 Å². The number of hydrogen-bond acceptors (Lipinski definition) is 20. The Balaban J connectivity index is 2.97. The summed E-state index contributed by atoms with van der Waals surface area (Å²) in [5.41, 5.74) is -3.26. The van der Waals surface area contributed by atoms with Crippen molar-refractivity contribution in [3.8, 4) is 0 Å². The summed E-state index contributed by atoms with van der Waals surface area (Å²) in [5, 5.41) is 0. The average Bonchev–Trinajstić information content (AvgIpc) is 0.792. The third-order valence-electron chi connectivity index (χ3n) is 17.1. The number of carbonyl (C=O) groups is 10. The van der Waals surface area contributed by atoms with Crippen LogP contribution >= 0.6 is 0 Å². The van der Waals surface area contributed by atoms with Gasteiger partial charge in [0.05, 0.1) is 37.6 Å². The number of rotatable bonds is 58. The molecule has 0 aliphatic heterocycles. The number of Topliss-reactive ketones (excluding diaryl/α,β-unsaturated/α-hetero) is 4. The Hall–Kier alpha value is -6.86. The van der Waals surface area contributed by atoms with Gasteiger partial charge in [-0.15, -0.1) is 0 Å². The van der Waals surface area contributed by atoms with Gasteiger partial charge >= 0.3 is 36.6 Å². The van der Waals surface area contributed by atoms with Crippen LogP contribution in [0.3, 0.4) is 0 Å². The molecule has 2 aromatic rings. The van der Waals surface area contributed by atoms with Crippen LogP contribution in [0.1, 0.15) is 374 Å². The molecule has 20 nitrogen and oxygen atoms in total. The van der Waals surface area contributed by atoms with Crippen LogP contribution < -0.4 is 0 Å². The second kappa shape index (κ2) is 56.0. The molecule has 2 aromatic carbocycles. The van der Waals surface area contributed by atoms with Gasteiger partial charge in [-0.3, -0.25) is 19.2 Å². The number of carbonyl (C=O) groups excluding carboxylic acids is 10. The maximum atomic E-state index is 15.4. The molecule has 0 aliphatic carbocycles. The maximum absolute atomic E-state index is 15.4. The second-order valence-corrected chi connectivity index (χ2v) is 25.5. The van der Waals surface area contributed by atoms with Gasteiger partial charge in [-0.2, -0.15) is 0 Å². The topological polar surface area (TPSA) is 263 Å². The molecule has 0 heterocycles. The van der Waals surface area contributed by atoms with Crippen LogP contribution in [0, 0.1) is 0 Å². The highest BCUT2D eigenvalue weighted by Crippen LogP contribution is 2.30. The third kappa shape index (κ3) is 36.3. The van der Waals surface area contributed by atoms with E-state index in [1.807, 2.05) is 27.7 Å². The van der Waals surface area contributed by atoms with E-state index in [0.717, 1.165) is 166 Å². The van der Waals surface area contributed by atoms with E-state index in [-0.39, 0.29) is 52.1 Å². The molecule has 0 bridgehead atoms. The lowest BCUT2D eigenvalue weighted by atomic mass is 9.88. The Morgan fingerprint density at radius 3 is 0.694 bits per heavy atom. The quantitative estimate of drug-likeness (QED) is 0.0149. The molecule has 554 valence electrons.